The summed E-state index contributed by atoms with van der Waals surface area (Å²) in [7, 11) is -3.86. The lowest BCUT2D eigenvalue weighted by atomic mass is 10.3. The van der Waals surface area contributed by atoms with Crippen LogP contribution in [0.25, 0.3) is 0 Å². The molecular formula is C18H17Br2ClN8O2S. The summed E-state index contributed by atoms with van der Waals surface area (Å²) in [6.07, 6.45) is 2.87. The van der Waals surface area contributed by atoms with Crippen LogP contribution in [0.5, 0.6) is 0 Å². The molecule has 0 bridgehead atoms. The summed E-state index contributed by atoms with van der Waals surface area (Å²) in [4.78, 5) is 15.9. The molecule has 10 nitrogen and oxygen atoms in total. The van der Waals surface area contributed by atoms with Crippen LogP contribution in [0, 0.1) is 0 Å². The lowest BCUT2D eigenvalue weighted by Crippen LogP contribution is -2.26. The number of sulfonamides is 1. The molecule has 0 aliphatic rings. The molecule has 0 spiro atoms. The maximum atomic E-state index is 12.4. The van der Waals surface area contributed by atoms with Crippen LogP contribution in [0.3, 0.4) is 0 Å². The van der Waals surface area contributed by atoms with Crippen molar-refractivity contribution in [3.8, 4) is 0 Å². The maximum absolute atomic E-state index is 12.4. The minimum Gasteiger partial charge on any atom is -0.369 e. The lowest BCUT2D eigenvalue weighted by molar-refractivity contribution is 0.601. The van der Waals surface area contributed by atoms with Crippen molar-refractivity contribution in [2.24, 2.45) is 21.5 Å². The number of halogens is 3. The Labute approximate surface area is 207 Å². The number of nitrogens with zero attached hydrogens (tertiary/aromatic N) is 4. The number of benzene rings is 2. The van der Waals surface area contributed by atoms with Crippen molar-refractivity contribution >= 4 is 83.5 Å². The van der Waals surface area contributed by atoms with Crippen LogP contribution in [-0.4, -0.2) is 30.3 Å². The Kier molecular flexibility index (Phi) is 8.95. The van der Waals surface area contributed by atoms with Crippen LogP contribution >= 0.6 is 44.3 Å². The number of guanidine groups is 2. The molecule has 168 valence electrons. The molecule has 0 unspecified atom stereocenters. The van der Waals surface area contributed by atoms with Crippen LogP contribution in [0.2, 0.25) is 0 Å². The average Bonchev–Trinajstić information content (AvgIpc) is 2.71. The van der Waals surface area contributed by atoms with Crippen molar-refractivity contribution in [2.75, 3.05) is 10.0 Å². The van der Waals surface area contributed by atoms with E-state index in [2.05, 4.69) is 61.9 Å². The van der Waals surface area contributed by atoms with E-state index in [1.807, 2.05) is 24.3 Å². The van der Waals surface area contributed by atoms with E-state index in [1.165, 1.54) is 36.7 Å². The van der Waals surface area contributed by atoms with E-state index in [9.17, 15) is 8.42 Å². The van der Waals surface area contributed by atoms with Crippen LogP contribution < -0.4 is 21.5 Å². The summed E-state index contributed by atoms with van der Waals surface area (Å²) in [5.74, 6) is -0.0850. The molecule has 32 heavy (non-hydrogen) atoms. The molecule has 0 saturated carbocycles. The van der Waals surface area contributed by atoms with Gasteiger partial charge in [0.1, 0.15) is 0 Å². The monoisotopic (exact) mass is 602 g/mol. The van der Waals surface area contributed by atoms with Gasteiger partial charge in [-0.15, -0.1) is 12.4 Å². The van der Waals surface area contributed by atoms with Gasteiger partial charge in [-0.2, -0.15) is 4.99 Å². The summed E-state index contributed by atoms with van der Waals surface area (Å²) < 4.78 is 28.7. The van der Waals surface area contributed by atoms with Crippen LogP contribution in [-0.2, 0) is 10.0 Å². The molecule has 0 amide bonds. The predicted octanol–water partition coefficient (Wildman–Crippen LogP) is 3.60. The second kappa shape index (κ2) is 11.2. The normalized spacial score (nSPS) is 12.1. The summed E-state index contributed by atoms with van der Waals surface area (Å²) >= 11 is 6.53. The zero-order valence-electron chi connectivity index (χ0n) is 16.1. The molecule has 6 N–H and O–H groups in total. The molecule has 0 saturated heterocycles. The summed E-state index contributed by atoms with van der Waals surface area (Å²) in [5, 5.41) is 2.89. The summed E-state index contributed by atoms with van der Waals surface area (Å²) in [6, 6.07) is 13.0. The molecule has 0 aliphatic heterocycles. The van der Waals surface area contributed by atoms with Gasteiger partial charge in [-0.05, 0) is 64.5 Å². The summed E-state index contributed by atoms with van der Waals surface area (Å²) in [6.45, 7) is 0. The first kappa shape index (κ1) is 25.5. The minimum absolute atomic E-state index is 0. The van der Waals surface area contributed by atoms with Crippen molar-refractivity contribution in [2.45, 2.75) is 4.90 Å². The molecule has 1 aromatic heterocycles. The Morgan fingerprint density at radius 1 is 0.906 bits per heavy atom. The largest absolute Gasteiger partial charge is 0.369 e. The number of nitrogens with two attached hydrogens (primary N) is 2. The third-order valence-electron chi connectivity index (χ3n) is 3.59. The van der Waals surface area contributed by atoms with Gasteiger partial charge < -0.3 is 16.8 Å². The van der Waals surface area contributed by atoms with Crippen LogP contribution in [0.15, 0.2) is 84.8 Å². The number of nitrogens with one attached hydrogen (secondary N) is 2. The quantitative estimate of drug-likeness (QED) is 0.256. The number of rotatable bonds is 5. The van der Waals surface area contributed by atoms with Crippen molar-refractivity contribution in [1.82, 2.24) is 9.97 Å². The predicted molar refractivity (Wildman–Crippen MR) is 135 cm³/mol. The van der Waals surface area contributed by atoms with Gasteiger partial charge in [0, 0.05) is 22.6 Å². The second-order valence-electron chi connectivity index (χ2n) is 5.92. The van der Waals surface area contributed by atoms with Gasteiger partial charge in [-0.3, -0.25) is 0 Å². The first-order valence-corrected chi connectivity index (χ1v) is 11.6. The lowest BCUT2D eigenvalue weighted by Gasteiger charge is -2.07. The minimum atomic E-state index is -3.86. The highest BCUT2D eigenvalue weighted by Gasteiger charge is 2.15. The van der Waals surface area contributed by atoms with Crippen molar-refractivity contribution in [3.63, 3.8) is 0 Å². The highest BCUT2D eigenvalue weighted by molar-refractivity contribution is 9.10. The molecule has 14 heteroatoms. The van der Waals surface area contributed by atoms with E-state index < -0.39 is 10.0 Å². The SMILES string of the molecule is Cl.NC(=Nc1ccc(S(=O)(=O)Nc2ncc(Br)cn2)cc1)/N=C(/N)Nc1ccc(Br)cc1. The first-order chi connectivity index (χ1) is 14.7. The third-order valence-corrected chi connectivity index (χ3v) is 5.87. The topological polar surface area (TPSA) is 161 Å². The zero-order chi connectivity index (χ0) is 22.4. The third kappa shape index (κ3) is 7.44. The Hall–Kier alpha value is -2.74. The molecular weight excluding hydrogens is 588 g/mol. The fourth-order valence-corrected chi connectivity index (χ4v) is 3.66. The summed E-state index contributed by atoms with van der Waals surface area (Å²) in [5.41, 5.74) is 12.8. The van der Waals surface area contributed by atoms with E-state index in [4.69, 9.17) is 11.5 Å². The molecule has 0 atom stereocenters. The molecule has 2 aromatic carbocycles. The smallest absolute Gasteiger partial charge is 0.264 e. The Bertz CT molecular complexity index is 1220. The van der Waals surface area contributed by atoms with Gasteiger partial charge >= 0.3 is 0 Å². The van der Waals surface area contributed by atoms with Gasteiger partial charge in [-0.1, -0.05) is 15.9 Å². The van der Waals surface area contributed by atoms with Gasteiger partial charge in [0.2, 0.25) is 17.9 Å². The molecule has 3 rings (SSSR count). The van der Waals surface area contributed by atoms with E-state index >= 15 is 0 Å². The Morgan fingerprint density at radius 3 is 2.09 bits per heavy atom. The first-order valence-electron chi connectivity index (χ1n) is 8.53. The average molecular weight is 605 g/mol. The van der Waals surface area contributed by atoms with Crippen molar-refractivity contribution in [3.05, 3.63) is 69.9 Å². The Morgan fingerprint density at radius 2 is 1.50 bits per heavy atom. The molecule has 3 aromatic rings. The van der Waals surface area contributed by atoms with E-state index in [-0.39, 0.29) is 35.2 Å². The molecule has 0 fully saturated rings. The van der Waals surface area contributed by atoms with E-state index in [0.29, 0.717) is 10.2 Å². The number of aliphatic imine (C=N–C) groups is 2. The second-order valence-corrected chi connectivity index (χ2v) is 9.44. The van der Waals surface area contributed by atoms with Crippen molar-refractivity contribution < 1.29 is 8.42 Å². The van der Waals surface area contributed by atoms with E-state index in [1.54, 1.807) is 0 Å². The fourth-order valence-electron chi connectivity index (χ4n) is 2.23. The van der Waals surface area contributed by atoms with Gasteiger partial charge in [0.25, 0.3) is 10.0 Å². The highest BCUT2D eigenvalue weighted by atomic mass is 79.9. The van der Waals surface area contributed by atoms with Gasteiger partial charge in [0.05, 0.1) is 15.1 Å². The maximum Gasteiger partial charge on any atom is 0.264 e. The molecule has 0 aliphatic carbocycles. The highest BCUT2D eigenvalue weighted by Crippen LogP contribution is 2.19. The zero-order valence-corrected chi connectivity index (χ0v) is 20.9. The fraction of sp³-hybridized carbons (Fsp3) is 0. The van der Waals surface area contributed by atoms with Gasteiger partial charge in [0.15, 0.2) is 0 Å². The number of aromatic nitrogens is 2. The standard InChI is InChI=1S/C18H16Br2N8O2S.ClH/c19-11-1-3-13(4-2-11)25-16(21)27-17(22)26-14-5-7-15(8-6-14)31(29,30)28-18-23-9-12(20)10-24-18;/h1-10H,(H,23,24,28)(H5,21,22,25,26,27);1H. The van der Waals surface area contributed by atoms with Gasteiger partial charge in [-0.25, -0.2) is 28.1 Å². The molecule has 0 radical (unpaired) electrons. The van der Waals surface area contributed by atoms with E-state index in [0.717, 1.165) is 10.2 Å². The Balaban J connectivity index is 0.00000363. The molecule has 1 heterocycles. The van der Waals surface area contributed by atoms with Crippen LogP contribution in [0.4, 0.5) is 17.3 Å². The number of hydrogen-bond donors (Lipinski definition) is 4. The number of hydrogen-bond acceptors (Lipinski definition) is 5. The number of anilines is 2. The van der Waals surface area contributed by atoms with Crippen LogP contribution in [0.1, 0.15) is 0 Å². The van der Waals surface area contributed by atoms with Crippen molar-refractivity contribution in [1.29, 1.82) is 0 Å².